The fraction of sp³-hybridized carbons (Fsp3) is 0.727. The van der Waals surface area contributed by atoms with Crippen LogP contribution in [0.3, 0.4) is 0 Å². The van der Waals surface area contributed by atoms with Crippen LogP contribution in [-0.2, 0) is 14.4 Å². The highest BCUT2D eigenvalue weighted by molar-refractivity contribution is 6.35. The first-order chi connectivity index (χ1) is 8.60. The summed E-state index contributed by atoms with van der Waals surface area (Å²) in [5, 5.41) is 11.0. The number of nitrogens with one attached hydrogen (secondary N) is 1. The van der Waals surface area contributed by atoms with Crippen molar-refractivity contribution in [2.24, 2.45) is 0 Å². The second-order valence-corrected chi connectivity index (χ2v) is 4.09. The molecule has 0 bridgehead atoms. The molecule has 1 aliphatic rings. The summed E-state index contributed by atoms with van der Waals surface area (Å²) in [6.07, 6.45) is 0.802. The van der Waals surface area contributed by atoms with Crippen LogP contribution in [0.2, 0.25) is 0 Å². The molecular formula is C11H19N3O4. The highest BCUT2D eigenvalue weighted by Crippen LogP contribution is 2.05. The number of aliphatic hydroxyl groups excluding tert-OH is 1. The van der Waals surface area contributed by atoms with Gasteiger partial charge in [0.15, 0.2) is 0 Å². The second-order valence-electron chi connectivity index (χ2n) is 4.09. The number of carbonyl (C=O) groups excluding carboxylic acids is 3. The normalized spacial score (nSPS) is 16.1. The van der Waals surface area contributed by atoms with E-state index < -0.39 is 11.8 Å². The standard InChI is InChI=1S/C11H19N3O4/c1-2-4-13-5-6-14(11(18)10(13)17)8-9(16)12-3-7-15/h15H,2-8H2,1H3,(H,12,16). The zero-order chi connectivity index (χ0) is 13.5. The number of hydrogen-bond acceptors (Lipinski definition) is 4. The van der Waals surface area contributed by atoms with E-state index >= 15 is 0 Å². The number of carbonyl (C=O) groups is 3. The Morgan fingerprint density at radius 2 is 1.89 bits per heavy atom. The summed E-state index contributed by atoms with van der Waals surface area (Å²) >= 11 is 0. The molecule has 7 heteroatoms. The first-order valence-corrected chi connectivity index (χ1v) is 6.05. The molecule has 7 nitrogen and oxygen atoms in total. The number of piperazine rings is 1. The molecule has 0 spiro atoms. The number of rotatable bonds is 6. The zero-order valence-corrected chi connectivity index (χ0v) is 10.5. The summed E-state index contributed by atoms with van der Waals surface area (Å²) in [5.41, 5.74) is 0. The largest absolute Gasteiger partial charge is 0.395 e. The maximum atomic E-state index is 11.7. The first-order valence-electron chi connectivity index (χ1n) is 6.05. The molecule has 0 atom stereocenters. The van der Waals surface area contributed by atoms with E-state index in [2.05, 4.69) is 5.32 Å². The lowest BCUT2D eigenvalue weighted by atomic mass is 10.2. The van der Waals surface area contributed by atoms with Gasteiger partial charge < -0.3 is 20.2 Å². The zero-order valence-electron chi connectivity index (χ0n) is 10.5. The molecule has 2 N–H and O–H groups in total. The Morgan fingerprint density at radius 1 is 1.28 bits per heavy atom. The van der Waals surface area contributed by atoms with Crippen molar-refractivity contribution in [3.63, 3.8) is 0 Å². The SMILES string of the molecule is CCCN1CCN(CC(=O)NCCO)C(=O)C1=O. The van der Waals surface area contributed by atoms with Gasteiger partial charge in [0.2, 0.25) is 5.91 Å². The van der Waals surface area contributed by atoms with Crippen LogP contribution in [0.1, 0.15) is 13.3 Å². The number of hydrogen-bond donors (Lipinski definition) is 2. The van der Waals surface area contributed by atoms with Crippen molar-refractivity contribution in [3.8, 4) is 0 Å². The molecule has 1 heterocycles. The minimum atomic E-state index is -0.631. The van der Waals surface area contributed by atoms with Gasteiger partial charge in [-0.1, -0.05) is 6.92 Å². The highest BCUT2D eigenvalue weighted by Gasteiger charge is 2.32. The Bertz CT molecular complexity index is 332. The molecule has 0 radical (unpaired) electrons. The summed E-state index contributed by atoms with van der Waals surface area (Å²) < 4.78 is 0. The third kappa shape index (κ3) is 3.69. The van der Waals surface area contributed by atoms with Gasteiger partial charge in [0.05, 0.1) is 6.61 Å². The molecule has 0 saturated carbocycles. The first kappa shape index (κ1) is 14.4. The van der Waals surface area contributed by atoms with Gasteiger partial charge in [-0.2, -0.15) is 0 Å². The summed E-state index contributed by atoms with van der Waals surface area (Å²) in [4.78, 5) is 37.5. The Morgan fingerprint density at radius 3 is 2.50 bits per heavy atom. The predicted molar refractivity (Wildman–Crippen MR) is 63.5 cm³/mol. The summed E-state index contributed by atoms with van der Waals surface area (Å²) in [5.74, 6) is -1.54. The van der Waals surface area contributed by atoms with Crippen molar-refractivity contribution in [1.29, 1.82) is 0 Å². The van der Waals surface area contributed by atoms with Gasteiger partial charge in [0.1, 0.15) is 6.54 Å². The minimum Gasteiger partial charge on any atom is -0.395 e. The highest BCUT2D eigenvalue weighted by atomic mass is 16.3. The van der Waals surface area contributed by atoms with Crippen LogP contribution in [0.5, 0.6) is 0 Å². The minimum absolute atomic E-state index is 0.134. The molecule has 0 aromatic rings. The Labute approximate surface area is 106 Å². The van der Waals surface area contributed by atoms with E-state index in [-0.39, 0.29) is 25.6 Å². The molecule has 1 fully saturated rings. The summed E-state index contributed by atoms with van der Waals surface area (Å²) in [7, 11) is 0. The van der Waals surface area contributed by atoms with Crippen molar-refractivity contribution in [2.75, 3.05) is 39.3 Å². The van der Waals surface area contributed by atoms with E-state index in [0.29, 0.717) is 19.6 Å². The van der Waals surface area contributed by atoms with Crippen molar-refractivity contribution >= 4 is 17.7 Å². The van der Waals surface area contributed by atoms with E-state index in [0.717, 1.165) is 6.42 Å². The average molecular weight is 257 g/mol. The Balaban J connectivity index is 2.48. The van der Waals surface area contributed by atoms with Crippen LogP contribution >= 0.6 is 0 Å². The van der Waals surface area contributed by atoms with Crippen LogP contribution in [0.25, 0.3) is 0 Å². The molecule has 1 saturated heterocycles. The average Bonchev–Trinajstić information content (AvgIpc) is 2.36. The van der Waals surface area contributed by atoms with E-state index in [1.807, 2.05) is 6.92 Å². The van der Waals surface area contributed by atoms with Crippen LogP contribution in [0, 0.1) is 0 Å². The van der Waals surface area contributed by atoms with Gasteiger partial charge in [0, 0.05) is 26.2 Å². The maximum absolute atomic E-state index is 11.7. The van der Waals surface area contributed by atoms with E-state index in [1.54, 1.807) is 0 Å². The maximum Gasteiger partial charge on any atom is 0.312 e. The number of amides is 3. The molecular weight excluding hydrogens is 238 g/mol. The topological polar surface area (TPSA) is 89.9 Å². The second kappa shape index (κ2) is 6.95. The molecule has 18 heavy (non-hydrogen) atoms. The number of aliphatic hydroxyl groups is 1. The van der Waals surface area contributed by atoms with Gasteiger partial charge in [0.25, 0.3) is 0 Å². The Hall–Kier alpha value is -1.63. The van der Waals surface area contributed by atoms with E-state index in [1.165, 1.54) is 9.80 Å². The van der Waals surface area contributed by atoms with E-state index in [4.69, 9.17) is 5.11 Å². The third-order valence-corrected chi connectivity index (χ3v) is 2.66. The molecule has 0 aromatic carbocycles. The van der Waals surface area contributed by atoms with Gasteiger partial charge in [-0.25, -0.2) is 0 Å². The van der Waals surface area contributed by atoms with Crippen molar-refractivity contribution < 1.29 is 19.5 Å². The van der Waals surface area contributed by atoms with Crippen LogP contribution in [0.4, 0.5) is 0 Å². The molecule has 0 aliphatic carbocycles. The lowest BCUT2D eigenvalue weighted by molar-refractivity contribution is -0.156. The molecule has 1 aliphatic heterocycles. The van der Waals surface area contributed by atoms with Crippen LogP contribution < -0.4 is 5.32 Å². The smallest absolute Gasteiger partial charge is 0.312 e. The van der Waals surface area contributed by atoms with Crippen LogP contribution in [-0.4, -0.2) is 72.0 Å². The van der Waals surface area contributed by atoms with Crippen molar-refractivity contribution in [1.82, 2.24) is 15.1 Å². The molecule has 3 amide bonds. The molecule has 102 valence electrons. The van der Waals surface area contributed by atoms with Gasteiger partial charge in [-0.05, 0) is 6.42 Å². The van der Waals surface area contributed by atoms with Crippen molar-refractivity contribution in [2.45, 2.75) is 13.3 Å². The quantitative estimate of drug-likeness (QED) is 0.548. The fourth-order valence-electron chi connectivity index (χ4n) is 1.77. The van der Waals surface area contributed by atoms with Crippen molar-refractivity contribution in [3.05, 3.63) is 0 Å². The van der Waals surface area contributed by atoms with E-state index in [9.17, 15) is 14.4 Å². The van der Waals surface area contributed by atoms with Gasteiger partial charge in [-0.3, -0.25) is 14.4 Å². The van der Waals surface area contributed by atoms with Gasteiger partial charge in [-0.15, -0.1) is 0 Å². The molecule has 1 rings (SSSR count). The number of nitrogens with zero attached hydrogens (tertiary/aromatic N) is 2. The predicted octanol–water partition coefficient (Wildman–Crippen LogP) is -1.82. The fourth-order valence-corrected chi connectivity index (χ4v) is 1.77. The lowest BCUT2D eigenvalue weighted by Gasteiger charge is -2.33. The monoisotopic (exact) mass is 257 g/mol. The molecule has 0 unspecified atom stereocenters. The summed E-state index contributed by atoms with van der Waals surface area (Å²) in [6, 6.07) is 0. The third-order valence-electron chi connectivity index (χ3n) is 2.66. The Kier molecular flexibility index (Phi) is 5.57. The summed E-state index contributed by atoms with van der Waals surface area (Å²) in [6.45, 7) is 3.20. The molecule has 0 aromatic heterocycles. The lowest BCUT2D eigenvalue weighted by Crippen LogP contribution is -2.56. The van der Waals surface area contributed by atoms with Gasteiger partial charge >= 0.3 is 11.8 Å². The van der Waals surface area contributed by atoms with Crippen LogP contribution in [0.15, 0.2) is 0 Å².